The molecule has 2 rings (SSSR count). The Morgan fingerprint density at radius 3 is 2.24 bits per heavy atom. The first-order valence-electron chi connectivity index (χ1n) is 6.18. The summed E-state index contributed by atoms with van der Waals surface area (Å²) in [6.45, 7) is 1.85. The number of rotatable bonds is 2. The number of nitrogens with one attached hydrogen (secondary N) is 1. The van der Waals surface area contributed by atoms with E-state index in [1.165, 1.54) is 12.1 Å². The Morgan fingerprint density at radius 1 is 1.00 bits per heavy atom. The number of carbonyl (C=O) groups is 1. The highest BCUT2D eigenvalue weighted by Gasteiger charge is 2.15. The number of carbonyl (C=O) groups excluding carboxylic acids is 1. The van der Waals surface area contributed by atoms with Crippen molar-refractivity contribution >= 4 is 15.9 Å². The molecule has 5 heteroatoms. The zero-order valence-electron chi connectivity index (χ0n) is 11.3. The fraction of sp³-hybridized carbons (Fsp3) is 0.0625. The normalized spacial score (nSPS) is 10.3. The van der Waals surface area contributed by atoms with Crippen LogP contribution in [0.2, 0.25) is 0 Å². The summed E-state index contributed by atoms with van der Waals surface area (Å²) >= 11 is 0. The van der Waals surface area contributed by atoms with E-state index in [1.54, 1.807) is 36.4 Å². The minimum absolute atomic E-state index is 0.0305. The minimum atomic E-state index is -3.88. The molecule has 0 atom stereocenters. The van der Waals surface area contributed by atoms with Crippen LogP contribution in [0.4, 0.5) is 0 Å². The van der Waals surface area contributed by atoms with E-state index >= 15 is 0 Å². The third-order valence-corrected chi connectivity index (χ3v) is 4.00. The smallest absolute Gasteiger partial charge is 0.258 e. The fourth-order valence-corrected chi connectivity index (χ4v) is 2.48. The van der Waals surface area contributed by atoms with Crippen LogP contribution < -0.4 is 4.72 Å². The molecule has 0 aliphatic rings. The summed E-state index contributed by atoms with van der Waals surface area (Å²) in [6, 6.07) is 15.1. The van der Waals surface area contributed by atoms with Crippen molar-refractivity contribution < 1.29 is 13.2 Å². The van der Waals surface area contributed by atoms with Gasteiger partial charge in [-0.1, -0.05) is 41.8 Å². The molecule has 0 aliphatic carbocycles. The van der Waals surface area contributed by atoms with E-state index in [1.807, 2.05) is 17.7 Å². The quantitative estimate of drug-likeness (QED) is 0.861. The molecule has 0 radical (unpaired) electrons. The Balaban J connectivity index is 2.12. The van der Waals surface area contributed by atoms with Gasteiger partial charge >= 0.3 is 5.91 Å². The molecule has 0 bridgehead atoms. The Kier molecular flexibility index (Phi) is 4.41. The first kappa shape index (κ1) is 14.8. The molecule has 1 N–H and O–H groups in total. The predicted octanol–water partition coefficient (Wildman–Crippen LogP) is 1.85. The van der Waals surface area contributed by atoms with E-state index in [2.05, 4.69) is 11.8 Å². The average Bonchev–Trinajstić information content (AvgIpc) is 2.46. The second-order valence-corrected chi connectivity index (χ2v) is 6.05. The van der Waals surface area contributed by atoms with Gasteiger partial charge in [0.15, 0.2) is 0 Å². The largest absolute Gasteiger partial charge is 0.309 e. The number of amides is 1. The first-order chi connectivity index (χ1) is 9.97. The zero-order valence-corrected chi connectivity index (χ0v) is 12.1. The van der Waals surface area contributed by atoms with E-state index in [4.69, 9.17) is 0 Å². The Morgan fingerprint density at radius 2 is 1.62 bits per heavy atom. The molecule has 4 nitrogen and oxygen atoms in total. The maximum atomic E-state index is 12.0. The van der Waals surface area contributed by atoms with Crippen LogP contribution in [0.5, 0.6) is 0 Å². The second kappa shape index (κ2) is 6.25. The van der Waals surface area contributed by atoms with Crippen LogP contribution >= 0.6 is 0 Å². The molecule has 21 heavy (non-hydrogen) atoms. The molecule has 0 spiro atoms. The maximum absolute atomic E-state index is 12.0. The van der Waals surface area contributed by atoms with Gasteiger partial charge in [0.25, 0.3) is 10.0 Å². The number of aryl methyl sites for hydroxylation is 1. The molecule has 0 fully saturated rings. The van der Waals surface area contributed by atoms with Crippen molar-refractivity contribution in [1.82, 2.24) is 4.72 Å². The van der Waals surface area contributed by atoms with Crippen molar-refractivity contribution in [2.75, 3.05) is 0 Å². The lowest BCUT2D eigenvalue weighted by molar-refractivity contribution is -0.114. The summed E-state index contributed by atoms with van der Waals surface area (Å²) in [5, 5.41) is 0. The van der Waals surface area contributed by atoms with E-state index < -0.39 is 15.9 Å². The SMILES string of the molecule is Cc1ccc(S(=O)(=O)NC(=O)C#Cc2ccccc2)cc1. The van der Waals surface area contributed by atoms with Crippen molar-refractivity contribution in [2.45, 2.75) is 11.8 Å². The molecule has 106 valence electrons. The van der Waals surface area contributed by atoms with Crippen LogP contribution in [0, 0.1) is 18.8 Å². The minimum Gasteiger partial charge on any atom is -0.258 e. The van der Waals surface area contributed by atoms with Crippen molar-refractivity contribution in [3.05, 3.63) is 65.7 Å². The van der Waals surface area contributed by atoms with Gasteiger partial charge in [-0.2, -0.15) is 0 Å². The predicted molar refractivity (Wildman–Crippen MR) is 79.8 cm³/mol. The molecule has 2 aromatic rings. The summed E-state index contributed by atoms with van der Waals surface area (Å²) in [7, 11) is -3.88. The number of benzene rings is 2. The van der Waals surface area contributed by atoms with Crippen LogP contribution in [0.1, 0.15) is 11.1 Å². The summed E-state index contributed by atoms with van der Waals surface area (Å²) in [5.74, 6) is 4.00. The molecule has 0 aromatic heterocycles. The number of hydrogen-bond donors (Lipinski definition) is 1. The zero-order chi connectivity index (χ0) is 15.3. The van der Waals surface area contributed by atoms with E-state index in [9.17, 15) is 13.2 Å². The highest BCUT2D eigenvalue weighted by Crippen LogP contribution is 2.09. The van der Waals surface area contributed by atoms with Crippen LogP contribution in [0.25, 0.3) is 0 Å². The van der Waals surface area contributed by atoms with Crippen LogP contribution in [0.3, 0.4) is 0 Å². The van der Waals surface area contributed by atoms with Gasteiger partial charge in [-0.3, -0.25) is 4.79 Å². The van der Waals surface area contributed by atoms with Crippen LogP contribution in [0.15, 0.2) is 59.5 Å². The molecule has 0 heterocycles. The van der Waals surface area contributed by atoms with Gasteiger partial charge in [-0.05, 0) is 31.2 Å². The maximum Gasteiger partial charge on any atom is 0.309 e. The van der Waals surface area contributed by atoms with Crippen LogP contribution in [-0.2, 0) is 14.8 Å². The van der Waals surface area contributed by atoms with Crippen molar-refractivity contribution in [2.24, 2.45) is 0 Å². The molecule has 0 unspecified atom stereocenters. The lowest BCUT2D eigenvalue weighted by Gasteiger charge is -2.03. The molecule has 0 aliphatic heterocycles. The van der Waals surface area contributed by atoms with Gasteiger partial charge in [0.1, 0.15) is 0 Å². The highest BCUT2D eigenvalue weighted by atomic mass is 32.2. The number of hydrogen-bond acceptors (Lipinski definition) is 3. The van der Waals surface area contributed by atoms with E-state index in [0.717, 1.165) is 5.56 Å². The van der Waals surface area contributed by atoms with Gasteiger partial charge in [0, 0.05) is 11.5 Å². The average molecular weight is 299 g/mol. The summed E-state index contributed by atoms with van der Waals surface area (Å²) in [4.78, 5) is 11.6. The van der Waals surface area contributed by atoms with Gasteiger partial charge < -0.3 is 0 Å². The topological polar surface area (TPSA) is 63.2 Å². The van der Waals surface area contributed by atoms with E-state index in [-0.39, 0.29) is 4.90 Å². The van der Waals surface area contributed by atoms with Gasteiger partial charge in [-0.25, -0.2) is 13.1 Å². The van der Waals surface area contributed by atoms with Gasteiger partial charge in [0.2, 0.25) is 0 Å². The van der Waals surface area contributed by atoms with Crippen molar-refractivity contribution in [3.8, 4) is 11.8 Å². The van der Waals surface area contributed by atoms with Crippen LogP contribution in [-0.4, -0.2) is 14.3 Å². The molecular formula is C16H13NO3S. The lowest BCUT2D eigenvalue weighted by atomic mass is 10.2. The van der Waals surface area contributed by atoms with Gasteiger partial charge in [0.05, 0.1) is 4.90 Å². The monoisotopic (exact) mass is 299 g/mol. The molecular weight excluding hydrogens is 286 g/mol. The van der Waals surface area contributed by atoms with Crippen molar-refractivity contribution in [3.63, 3.8) is 0 Å². The van der Waals surface area contributed by atoms with E-state index in [0.29, 0.717) is 5.56 Å². The standard InChI is InChI=1S/C16H13NO3S/c1-13-7-10-15(11-8-13)21(19,20)17-16(18)12-9-14-5-3-2-4-6-14/h2-8,10-11H,1H3,(H,17,18). The Hall–Kier alpha value is -2.58. The highest BCUT2D eigenvalue weighted by molar-refractivity contribution is 7.90. The lowest BCUT2D eigenvalue weighted by Crippen LogP contribution is -2.29. The first-order valence-corrected chi connectivity index (χ1v) is 7.66. The Labute approximate surface area is 123 Å². The summed E-state index contributed by atoms with van der Waals surface area (Å²) < 4.78 is 25.9. The third kappa shape index (κ3) is 4.20. The fourth-order valence-electron chi connectivity index (χ4n) is 1.57. The summed E-state index contributed by atoms with van der Waals surface area (Å²) in [6.07, 6.45) is 0. The summed E-state index contributed by atoms with van der Waals surface area (Å²) in [5.41, 5.74) is 1.57. The molecule has 0 saturated heterocycles. The third-order valence-electron chi connectivity index (χ3n) is 2.65. The second-order valence-electron chi connectivity index (χ2n) is 4.36. The molecule has 0 saturated carbocycles. The molecule has 1 amide bonds. The Bertz CT molecular complexity index is 798. The molecule has 2 aromatic carbocycles. The van der Waals surface area contributed by atoms with Crippen molar-refractivity contribution in [1.29, 1.82) is 0 Å². The van der Waals surface area contributed by atoms with Gasteiger partial charge in [-0.15, -0.1) is 0 Å². The number of sulfonamides is 1.